The minimum Gasteiger partial charge on any atom is -0.353 e. The summed E-state index contributed by atoms with van der Waals surface area (Å²) < 4.78 is 0. The molecule has 1 aromatic carbocycles. The van der Waals surface area contributed by atoms with Crippen LogP contribution in [0.1, 0.15) is 37.8 Å². The van der Waals surface area contributed by atoms with Crippen molar-refractivity contribution in [3.05, 3.63) is 35.4 Å². The molecule has 0 spiro atoms. The second-order valence-electron chi connectivity index (χ2n) is 4.68. The van der Waals surface area contributed by atoms with Crippen LogP contribution in [0.5, 0.6) is 0 Å². The first kappa shape index (κ1) is 15.1. The summed E-state index contributed by atoms with van der Waals surface area (Å²) in [4.78, 5) is 11.7. The number of carbonyl (C=O) groups excluding carboxylic acids is 1. The van der Waals surface area contributed by atoms with E-state index in [0.717, 1.165) is 18.6 Å². The van der Waals surface area contributed by atoms with E-state index in [1.807, 2.05) is 12.1 Å². The van der Waals surface area contributed by atoms with Gasteiger partial charge in [0, 0.05) is 11.8 Å². The number of carbonyl (C=O) groups is 1. The summed E-state index contributed by atoms with van der Waals surface area (Å²) in [5.41, 5.74) is 2.61. The van der Waals surface area contributed by atoms with Crippen LogP contribution in [-0.2, 0) is 10.5 Å². The van der Waals surface area contributed by atoms with Crippen molar-refractivity contribution >= 4 is 17.7 Å². The lowest BCUT2D eigenvalue weighted by Gasteiger charge is -2.12. The van der Waals surface area contributed by atoms with Crippen LogP contribution in [-0.4, -0.2) is 17.7 Å². The zero-order valence-corrected chi connectivity index (χ0v) is 12.3. The molecule has 0 heterocycles. The van der Waals surface area contributed by atoms with E-state index in [9.17, 15) is 4.79 Å². The first-order chi connectivity index (χ1) is 8.63. The number of aryl methyl sites for hydroxylation is 1. The zero-order valence-electron chi connectivity index (χ0n) is 11.5. The Hall–Kier alpha value is -0.960. The molecule has 1 amide bonds. The smallest absolute Gasteiger partial charge is 0.230 e. The largest absolute Gasteiger partial charge is 0.353 e. The standard InChI is InChI=1S/C15H23NOS/c1-4-7-13(3)16-15(17)11-18-10-14-9-6-5-8-12(14)2/h5-6,8-9,13H,4,7,10-11H2,1-3H3,(H,16,17). The molecular formula is C15H23NOS. The van der Waals surface area contributed by atoms with Crippen LogP contribution < -0.4 is 5.32 Å². The summed E-state index contributed by atoms with van der Waals surface area (Å²) in [6.07, 6.45) is 2.16. The van der Waals surface area contributed by atoms with Gasteiger partial charge in [-0.1, -0.05) is 37.6 Å². The molecular weight excluding hydrogens is 242 g/mol. The van der Waals surface area contributed by atoms with Gasteiger partial charge in [-0.05, 0) is 31.4 Å². The Labute approximate surface area is 115 Å². The highest BCUT2D eigenvalue weighted by molar-refractivity contribution is 7.99. The molecule has 0 bridgehead atoms. The summed E-state index contributed by atoms with van der Waals surface area (Å²) >= 11 is 1.68. The van der Waals surface area contributed by atoms with Crippen LogP contribution in [0.25, 0.3) is 0 Å². The summed E-state index contributed by atoms with van der Waals surface area (Å²) in [6.45, 7) is 6.31. The normalized spacial score (nSPS) is 12.2. The molecule has 0 aromatic heterocycles. The quantitative estimate of drug-likeness (QED) is 0.817. The molecule has 0 saturated carbocycles. The van der Waals surface area contributed by atoms with Crippen molar-refractivity contribution in [3.63, 3.8) is 0 Å². The van der Waals surface area contributed by atoms with Gasteiger partial charge in [0.1, 0.15) is 0 Å². The van der Waals surface area contributed by atoms with Crippen molar-refractivity contribution in [1.29, 1.82) is 0 Å². The van der Waals surface area contributed by atoms with Gasteiger partial charge < -0.3 is 5.32 Å². The number of rotatable bonds is 7. The Bertz CT molecular complexity index is 379. The molecule has 0 aliphatic heterocycles. The monoisotopic (exact) mass is 265 g/mol. The molecule has 0 radical (unpaired) electrons. The predicted molar refractivity (Wildman–Crippen MR) is 79.9 cm³/mol. The van der Waals surface area contributed by atoms with Crippen molar-refractivity contribution in [2.45, 2.75) is 45.4 Å². The highest BCUT2D eigenvalue weighted by Gasteiger charge is 2.06. The van der Waals surface area contributed by atoms with Crippen molar-refractivity contribution < 1.29 is 4.79 Å². The third-order valence-corrected chi connectivity index (χ3v) is 3.86. The van der Waals surface area contributed by atoms with E-state index in [0.29, 0.717) is 11.8 Å². The molecule has 1 rings (SSSR count). The SMILES string of the molecule is CCCC(C)NC(=O)CSCc1ccccc1C. The van der Waals surface area contributed by atoms with E-state index in [1.165, 1.54) is 11.1 Å². The van der Waals surface area contributed by atoms with Crippen LogP contribution in [0, 0.1) is 6.92 Å². The molecule has 0 aliphatic carbocycles. The van der Waals surface area contributed by atoms with Gasteiger partial charge in [-0.25, -0.2) is 0 Å². The predicted octanol–water partition coefficient (Wildman–Crippen LogP) is 3.53. The summed E-state index contributed by atoms with van der Waals surface area (Å²) in [6, 6.07) is 8.62. The number of hydrogen-bond donors (Lipinski definition) is 1. The lowest BCUT2D eigenvalue weighted by molar-refractivity contribution is -0.119. The Kier molecular flexibility index (Phi) is 6.88. The molecule has 1 N–H and O–H groups in total. The minimum atomic E-state index is 0.148. The lowest BCUT2D eigenvalue weighted by atomic mass is 10.1. The molecule has 18 heavy (non-hydrogen) atoms. The van der Waals surface area contributed by atoms with E-state index >= 15 is 0 Å². The van der Waals surface area contributed by atoms with Crippen LogP contribution in [0.15, 0.2) is 24.3 Å². The molecule has 0 saturated heterocycles. The molecule has 0 aliphatic rings. The van der Waals surface area contributed by atoms with Crippen molar-refractivity contribution in [1.82, 2.24) is 5.32 Å². The Morgan fingerprint density at radius 1 is 1.39 bits per heavy atom. The Morgan fingerprint density at radius 3 is 2.78 bits per heavy atom. The van der Waals surface area contributed by atoms with Crippen molar-refractivity contribution in [2.24, 2.45) is 0 Å². The lowest BCUT2D eigenvalue weighted by Crippen LogP contribution is -2.33. The van der Waals surface area contributed by atoms with Crippen LogP contribution in [0.4, 0.5) is 0 Å². The average molecular weight is 265 g/mol. The number of benzene rings is 1. The zero-order chi connectivity index (χ0) is 13.4. The maximum absolute atomic E-state index is 11.7. The molecule has 3 heteroatoms. The molecule has 1 unspecified atom stereocenters. The van der Waals surface area contributed by atoms with Crippen molar-refractivity contribution in [3.8, 4) is 0 Å². The highest BCUT2D eigenvalue weighted by atomic mass is 32.2. The number of thioether (sulfide) groups is 1. The average Bonchev–Trinajstić information content (AvgIpc) is 2.31. The fourth-order valence-corrected chi connectivity index (χ4v) is 2.76. The van der Waals surface area contributed by atoms with Gasteiger partial charge >= 0.3 is 0 Å². The molecule has 100 valence electrons. The van der Waals surface area contributed by atoms with Gasteiger partial charge in [0.05, 0.1) is 5.75 Å². The van der Waals surface area contributed by atoms with E-state index in [2.05, 4.69) is 38.2 Å². The van der Waals surface area contributed by atoms with Crippen LogP contribution >= 0.6 is 11.8 Å². The summed E-state index contributed by atoms with van der Waals surface area (Å²) in [5.74, 6) is 1.60. The summed E-state index contributed by atoms with van der Waals surface area (Å²) in [5, 5.41) is 3.02. The van der Waals surface area contributed by atoms with Gasteiger partial charge in [0.2, 0.25) is 5.91 Å². The van der Waals surface area contributed by atoms with Gasteiger partial charge in [-0.3, -0.25) is 4.79 Å². The Morgan fingerprint density at radius 2 is 2.11 bits per heavy atom. The van der Waals surface area contributed by atoms with Crippen LogP contribution in [0.2, 0.25) is 0 Å². The molecule has 1 atom stereocenters. The van der Waals surface area contributed by atoms with Gasteiger partial charge in [0.25, 0.3) is 0 Å². The fourth-order valence-electron chi connectivity index (χ4n) is 1.85. The Balaban J connectivity index is 2.25. The summed E-state index contributed by atoms with van der Waals surface area (Å²) in [7, 11) is 0. The molecule has 2 nitrogen and oxygen atoms in total. The first-order valence-corrected chi connectivity index (χ1v) is 7.70. The molecule has 1 aromatic rings. The van der Waals surface area contributed by atoms with E-state index < -0.39 is 0 Å². The van der Waals surface area contributed by atoms with E-state index in [1.54, 1.807) is 11.8 Å². The number of nitrogens with one attached hydrogen (secondary N) is 1. The third-order valence-electron chi connectivity index (χ3n) is 2.88. The van der Waals surface area contributed by atoms with E-state index in [-0.39, 0.29) is 5.91 Å². The maximum atomic E-state index is 11.7. The fraction of sp³-hybridized carbons (Fsp3) is 0.533. The van der Waals surface area contributed by atoms with Gasteiger partial charge in [-0.15, -0.1) is 11.8 Å². The maximum Gasteiger partial charge on any atom is 0.230 e. The minimum absolute atomic E-state index is 0.148. The van der Waals surface area contributed by atoms with E-state index in [4.69, 9.17) is 0 Å². The van der Waals surface area contributed by atoms with Crippen LogP contribution in [0.3, 0.4) is 0 Å². The number of amides is 1. The number of hydrogen-bond acceptors (Lipinski definition) is 2. The second-order valence-corrected chi connectivity index (χ2v) is 5.66. The third kappa shape index (κ3) is 5.58. The highest BCUT2D eigenvalue weighted by Crippen LogP contribution is 2.15. The van der Waals surface area contributed by atoms with Crippen molar-refractivity contribution in [2.75, 3.05) is 5.75 Å². The molecule has 0 fully saturated rings. The van der Waals surface area contributed by atoms with Gasteiger partial charge in [0.15, 0.2) is 0 Å². The van der Waals surface area contributed by atoms with Gasteiger partial charge in [-0.2, -0.15) is 0 Å². The first-order valence-electron chi connectivity index (χ1n) is 6.55. The topological polar surface area (TPSA) is 29.1 Å². The second kappa shape index (κ2) is 8.20.